The maximum Gasteiger partial charge on any atom is 0.0161 e. The quantitative estimate of drug-likeness (QED) is 0.572. The summed E-state index contributed by atoms with van der Waals surface area (Å²) in [5.74, 6) is 1.12. The smallest absolute Gasteiger partial charge is 0.0161 e. The number of rotatable bonds is 7. The first-order chi connectivity index (χ1) is 7.76. The highest BCUT2D eigenvalue weighted by molar-refractivity contribution is 7.99. The van der Waals surface area contributed by atoms with Gasteiger partial charge in [0, 0.05) is 16.7 Å². The van der Waals surface area contributed by atoms with Crippen LogP contribution in [-0.2, 0) is 0 Å². The molecule has 0 aliphatic heterocycles. The lowest BCUT2D eigenvalue weighted by molar-refractivity contribution is 0.579. The average Bonchev–Trinajstić information content (AvgIpc) is 2.32. The molecule has 1 atom stereocenters. The van der Waals surface area contributed by atoms with Crippen LogP contribution in [0.15, 0.2) is 41.8 Å². The van der Waals surface area contributed by atoms with E-state index in [4.69, 9.17) is 0 Å². The molecule has 0 saturated carbocycles. The van der Waals surface area contributed by atoms with Crippen LogP contribution in [0.3, 0.4) is 0 Å². The van der Waals surface area contributed by atoms with Crippen molar-refractivity contribution in [2.24, 2.45) is 0 Å². The van der Waals surface area contributed by atoms with Gasteiger partial charge in [0.15, 0.2) is 0 Å². The fourth-order valence-corrected chi connectivity index (χ4v) is 2.52. The summed E-state index contributed by atoms with van der Waals surface area (Å²) < 4.78 is 0. The summed E-state index contributed by atoms with van der Waals surface area (Å²) in [6.07, 6.45) is 4.24. The molecule has 0 saturated heterocycles. The predicted molar refractivity (Wildman–Crippen MR) is 74.2 cm³/mol. The Bertz CT molecular complexity index is 305. The van der Waals surface area contributed by atoms with Gasteiger partial charge in [0.05, 0.1) is 0 Å². The Labute approximate surface area is 103 Å². The van der Waals surface area contributed by atoms with E-state index in [0.717, 1.165) is 12.2 Å². The number of benzene rings is 1. The summed E-state index contributed by atoms with van der Waals surface area (Å²) in [6.45, 7) is 5.88. The molecule has 0 heterocycles. The Morgan fingerprint density at radius 2 is 2.06 bits per heavy atom. The molecule has 0 fully saturated rings. The summed E-state index contributed by atoms with van der Waals surface area (Å²) in [6, 6.07) is 9.30. The maximum atomic E-state index is 3.76. The number of hydrogen-bond acceptors (Lipinski definition) is 2. The Hall–Kier alpha value is -0.730. The molecule has 0 aliphatic carbocycles. The normalized spacial score (nSPS) is 12.4. The molecular formula is C14H21NS. The van der Waals surface area contributed by atoms with E-state index >= 15 is 0 Å². The minimum absolute atomic E-state index is 0.573. The zero-order valence-corrected chi connectivity index (χ0v) is 11.0. The van der Waals surface area contributed by atoms with Gasteiger partial charge in [-0.2, -0.15) is 0 Å². The largest absolute Gasteiger partial charge is 0.316 e. The second kappa shape index (κ2) is 7.53. The third-order valence-electron chi connectivity index (χ3n) is 2.60. The van der Waals surface area contributed by atoms with E-state index in [-0.39, 0.29) is 0 Å². The van der Waals surface area contributed by atoms with Crippen LogP contribution >= 0.6 is 11.8 Å². The first-order valence-electron chi connectivity index (χ1n) is 5.74. The van der Waals surface area contributed by atoms with Gasteiger partial charge in [-0.05, 0) is 38.9 Å². The molecule has 0 spiro atoms. The van der Waals surface area contributed by atoms with Crippen molar-refractivity contribution in [2.75, 3.05) is 12.8 Å². The van der Waals surface area contributed by atoms with Crippen molar-refractivity contribution >= 4 is 11.8 Å². The number of nitrogens with one attached hydrogen (secondary N) is 1. The zero-order chi connectivity index (χ0) is 11.8. The molecule has 1 aromatic carbocycles. The second-order valence-corrected chi connectivity index (χ2v) is 5.07. The molecule has 88 valence electrons. The summed E-state index contributed by atoms with van der Waals surface area (Å²) in [4.78, 5) is 1.35. The van der Waals surface area contributed by atoms with Gasteiger partial charge in [-0.25, -0.2) is 0 Å². The molecule has 0 aromatic heterocycles. The van der Waals surface area contributed by atoms with Crippen molar-refractivity contribution in [3.8, 4) is 0 Å². The van der Waals surface area contributed by atoms with E-state index < -0.39 is 0 Å². The molecule has 1 unspecified atom stereocenters. The van der Waals surface area contributed by atoms with E-state index in [1.54, 1.807) is 0 Å². The van der Waals surface area contributed by atoms with Crippen LogP contribution in [0.5, 0.6) is 0 Å². The minimum Gasteiger partial charge on any atom is -0.316 e. The molecule has 0 aliphatic rings. The van der Waals surface area contributed by atoms with Crippen LogP contribution in [0.4, 0.5) is 0 Å². The SMILES string of the molecule is C=CCCC(CSc1ccc(C)cc1)NC. The highest BCUT2D eigenvalue weighted by atomic mass is 32.2. The lowest BCUT2D eigenvalue weighted by Gasteiger charge is -2.14. The molecule has 0 bridgehead atoms. The van der Waals surface area contributed by atoms with Gasteiger partial charge in [-0.1, -0.05) is 23.8 Å². The van der Waals surface area contributed by atoms with Gasteiger partial charge in [0.2, 0.25) is 0 Å². The molecule has 0 amide bonds. The molecule has 0 radical (unpaired) electrons. The fraction of sp³-hybridized carbons (Fsp3) is 0.429. The molecular weight excluding hydrogens is 214 g/mol. The van der Waals surface area contributed by atoms with E-state index in [9.17, 15) is 0 Å². The predicted octanol–water partition coefficient (Wildman–Crippen LogP) is 3.64. The number of hydrogen-bond donors (Lipinski definition) is 1. The van der Waals surface area contributed by atoms with Gasteiger partial charge in [0.1, 0.15) is 0 Å². The summed E-state index contributed by atoms with van der Waals surface area (Å²) in [5.41, 5.74) is 1.32. The van der Waals surface area contributed by atoms with Crippen LogP contribution in [-0.4, -0.2) is 18.8 Å². The molecule has 1 rings (SSSR count). The van der Waals surface area contributed by atoms with Gasteiger partial charge < -0.3 is 5.32 Å². The first kappa shape index (κ1) is 13.3. The van der Waals surface area contributed by atoms with Crippen LogP contribution in [0.2, 0.25) is 0 Å². The molecule has 2 heteroatoms. The molecule has 1 N–H and O–H groups in total. The van der Waals surface area contributed by atoms with Crippen molar-refractivity contribution in [3.05, 3.63) is 42.5 Å². The lowest BCUT2D eigenvalue weighted by atomic mass is 10.2. The zero-order valence-electron chi connectivity index (χ0n) is 10.2. The van der Waals surface area contributed by atoms with Gasteiger partial charge in [-0.15, -0.1) is 18.3 Å². The van der Waals surface area contributed by atoms with Gasteiger partial charge in [-0.3, -0.25) is 0 Å². The topological polar surface area (TPSA) is 12.0 Å². The summed E-state index contributed by atoms with van der Waals surface area (Å²) >= 11 is 1.92. The standard InChI is InChI=1S/C14H21NS/c1-4-5-6-13(15-3)11-16-14-9-7-12(2)8-10-14/h4,7-10,13,15H,1,5-6,11H2,2-3H3. The van der Waals surface area contributed by atoms with E-state index in [1.807, 2.05) is 24.9 Å². The number of thioether (sulfide) groups is 1. The van der Waals surface area contributed by atoms with Crippen molar-refractivity contribution < 1.29 is 0 Å². The van der Waals surface area contributed by atoms with Crippen LogP contribution < -0.4 is 5.32 Å². The highest BCUT2D eigenvalue weighted by Crippen LogP contribution is 2.20. The van der Waals surface area contributed by atoms with Crippen LogP contribution in [0.25, 0.3) is 0 Å². The average molecular weight is 235 g/mol. The van der Waals surface area contributed by atoms with E-state index in [1.165, 1.54) is 16.9 Å². The van der Waals surface area contributed by atoms with Crippen molar-refractivity contribution in [3.63, 3.8) is 0 Å². The number of aryl methyl sites for hydroxylation is 1. The van der Waals surface area contributed by atoms with Crippen molar-refractivity contribution in [1.82, 2.24) is 5.32 Å². The van der Waals surface area contributed by atoms with E-state index in [2.05, 4.69) is 43.1 Å². The maximum absolute atomic E-state index is 3.76. The van der Waals surface area contributed by atoms with Crippen molar-refractivity contribution in [2.45, 2.75) is 30.7 Å². The van der Waals surface area contributed by atoms with Crippen LogP contribution in [0.1, 0.15) is 18.4 Å². The molecule has 1 nitrogen and oxygen atoms in total. The Morgan fingerprint density at radius 3 is 2.62 bits per heavy atom. The summed E-state index contributed by atoms with van der Waals surface area (Å²) in [7, 11) is 2.03. The first-order valence-corrected chi connectivity index (χ1v) is 6.72. The Kier molecular flexibility index (Phi) is 6.27. The minimum atomic E-state index is 0.573. The van der Waals surface area contributed by atoms with Crippen LogP contribution in [0, 0.1) is 6.92 Å². The second-order valence-electron chi connectivity index (χ2n) is 3.98. The molecule has 16 heavy (non-hydrogen) atoms. The lowest BCUT2D eigenvalue weighted by Crippen LogP contribution is -2.27. The monoisotopic (exact) mass is 235 g/mol. The highest BCUT2D eigenvalue weighted by Gasteiger charge is 2.05. The summed E-state index contributed by atoms with van der Waals surface area (Å²) in [5, 5.41) is 3.35. The van der Waals surface area contributed by atoms with Crippen molar-refractivity contribution in [1.29, 1.82) is 0 Å². The number of allylic oxidation sites excluding steroid dienone is 1. The fourth-order valence-electron chi connectivity index (χ4n) is 1.46. The van der Waals surface area contributed by atoms with E-state index in [0.29, 0.717) is 6.04 Å². The third kappa shape index (κ3) is 4.86. The Morgan fingerprint density at radius 1 is 1.38 bits per heavy atom. The molecule has 1 aromatic rings. The van der Waals surface area contributed by atoms with Gasteiger partial charge >= 0.3 is 0 Å². The Balaban J connectivity index is 2.36. The third-order valence-corrected chi connectivity index (χ3v) is 3.77. The van der Waals surface area contributed by atoms with Gasteiger partial charge in [0.25, 0.3) is 0 Å².